The highest BCUT2D eigenvalue weighted by molar-refractivity contribution is 8.01. The Hall–Kier alpha value is -1.93. The molecule has 2 amide bonds. The second-order valence-electron chi connectivity index (χ2n) is 7.68. The fourth-order valence-electron chi connectivity index (χ4n) is 3.80. The van der Waals surface area contributed by atoms with E-state index in [0.29, 0.717) is 30.2 Å². The minimum atomic E-state index is -0.157. The van der Waals surface area contributed by atoms with Crippen molar-refractivity contribution in [2.24, 2.45) is 0 Å². The van der Waals surface area contributed by atoms with E-state index >= 15 is 0 Å². The molecule has 152 valence electrons. The standard InChI is InChI=1S/C20H27N3O4S/c1-3-13(2)21-18(24)15-11-28-20(22-15)6-8-23(9-7-20)19(25)14-4-5-16-17(10-14)27-12-26-16/h4-5,10,13,15,22H,3,6-9,11-12H2,1-2H3,(H,21,24). The Morgan fingerprint density at radius 3 is 2.82 bits per heavy atom. The number of ether oxygens (including phenoxy) is 2. The number of hydrogen-bond acceptors (Lipinski definition) is 6. The molecule has 1 aromatic rings. The van der Waals surface area contributed by atoms with Crippen LogP contribution in [0.5, 0.6) is 11.5 Å². The second-order valence-corrected chi connectivity index (χ2v) is 9.08. The van der Waals surface area contributed by atoms with Crippen LogP contribution in [0.4, 0.5) is 0 Å². The predicted octanol–water partition coefficient (Wildman–Crippen LogP) is 1.97. The second kappa shape index (κ2) is 7.83. The number of hydrogen-bond donors (Lipinski definition) is 2. The van der Waals surface area contributed by atoms with Gasteiger partial charge in [-0.05, 0) is 44.4 Å². The summed E-state index contributed by atoms with van der Waals surface area (Å²) in [6.07, 6.45) is 2.59. The molecule has 2 N–H and O–H groups in total. The number of piperidine rings is 1. The maximum atomic E-state index is 12.9. The molecule has 0 aliphatic carbocycles. The van der Waals surface area contributed by atoms with Gasteiger partial charge in [-0.1, -0.05) is 6.92 Å². The van der Waals surface area contributed by atoms with Gasteiger partial charge in [-0.3, -0.25) is 14.9 Å². The molecule has 0 aromatic heterocycles. The van der Waals surface area contributed by atoms with E-state index in [1.807, 2.05) is 23.6 Å². The molecule has 3 aliphatic heterocycles. The summed E-state index contributed by atoms with van der Waals surface area (Å²) in [5.41, 5.74) is 0.623. The summed E-state index contributed by atoms with van der Waals surface area (Å²) in [6.45, 7) is 5.64. The van der Waals surface area contributed by atoms with Gasteiger partial charge in [0.15, 0.2) is 11.5 Å². The molecular formula is C20H27N3O4S. The van der Waals surface area contributed by atoms with Gasteiger partial charge in [0.2, 0.25) is 12.7 Å². The topological polar surface area (TPSA) is 79.9 Å². The first-order chi connectivity index (χ1) is 13.5. The molecule has 7 nitrogen and oxygen atoms in total. The number of nitrogens with one attached hydrogen (secondary N) is 2. The predicted molar refractivity (Wildman–Crippen MR) is 108 cm³/mol. The average Bonchev–Trinajstić information content (AvgIpc) is 3.34. The molecule has 2 unspecified atom stereocenters. The van der Waals surface area contributed by atoms with Crippen molar-refractivity contribution < 1.29 is 19.1 Å². The molecule has 1 spiro atoms. The Kier molecular flexibility index (Phi) is 5.42. The molecule has 0 radical (unpaired) electrons. The van der Waals surface area contributed by atoms with Crippen molar-refractivity contribution in [2.45, 2.75) is 50.1 Å². The number of nitrogens with zero attached hydrogens (tertiary/aromatic N) is 1. The van der Waals surface area contributed by atoms with Gasteiger partial charge in [0, 0.05) is 30.4 Å². The van der Waals surface area contributed by atoms with Crippen molar-refractivity contribution in [3.8, 4) is 11.5 Å². The average molecular weight is 406 g/mol. The minimum Gasteiger partial charge on any atom is -0.454 e. The van der Waals surface area contributed by atoms with Crippen molar-refractivity contribution in [2.75, 3.05) is 25.6 Å². The van der Waals surface area contributed by atoms with Crippen LogP contribution in [0, 0.1) is 0 Å². The lowest BCUT2D eigenvalue weighted by Crippen LogP contribution is -2.55. The third-order valence-corrected chi connectivity index (χ3v) is 7.34. The zero-order valence-corrected chi connectivity index (χ0v) is 17.1. The third-order valence-electron chi connectivity index (χ3n) is 5.76. The number of carbonyl (C=O) groups excluding carboxylic acids is 2. The number of fused-ring (bicyclic) bond motifs is 1. The Morgan fingerprint density at radius 1 is 1.32 bits per heavy atom. The monoisotopic (exact) mass is 405 g/mol. The molecule has 0 saturated carbocycles. The van der Waals surface area contributed by atoms with Crippen molar-refractivity contribution >= 4 is 23.6 Å². The van der Waals surface area contributed by atoms with E-state index < -0.39 is 0 Å². The lowest BCUT2D eigenvalue weighted by molar-refractivity contribution is -0.123. The van der Waals surface area contributed by atoms with E-state index in [1.54, 1.807) is 18.2 Å². The smallest absolute Gasteiger partial charge is 0.253 e. The minimum absolute atomic E-state index is 0.0159. The number of thioether (sulfide) groups is 1. The van der Waals surface area contributed by atoms with Gasteiger partial charge in [0.05, 0.1) is 10.9 Å². The van der Waals surface area contributed by atoms with E-state index in [1.165, 1.54) is 0 Å². The van der Waals surface area contributed by atoms with Crippen LogP contribution in [0.3, 0.4) is 0 Å². The van der Waals surface area contributed by atoms with Gasteiger partial charge in [-0.2, -0.15) is 0 Å². The molecule has 3 heterocycles. The summed E-state index contributed by atoms with van der Waals surface area (Å²) in [5.74, 6) is 2.18. The summed E-state index contributed by atoms with van der Waals surface area (Å²) in [6, 6.07) is 5.37. The first-order valence-corrected chi connectivity index (χ1v) is 10.9. The van der Waals surface area contributed by atoms with Crippen LogP contribution in [0.25, 0.3) is 0 Å². The molecule has 2 atom stereocenters. The molecule has 8 heteroatoms. The van der Waals surface area contributed by atoms with Crippen molar-refractivity contribution in [1.29, 1.82) is 0 Å². The summed E-state index contributed by atoms with van der Waals surface area (Å²) >= 11 is 1.82. The Morgan fingerprint density at radius 2 is 2.07 bits per heavy atom. The highest BCUT2D eigenvalue weighted by Gasteiger charge is 2.44. The molecule has 28 heavy (non-hydrogen) atoms. The molecule has 4 rings (SSSR count). The van der Waals surface area contributed by atoms with E-state index in [0.717, 1.165) is 25.0 Å². The summed E-state index contributed by atoms with van der Waals surface area (Å²) in [7, 11) is 0. The van der Waals surface area contributed by atoms with Gasteiger partial charge < -0.3 is 19.7 Å². The van der Waals surface area contributed by atoms with Gasteiger partial charge in [0.1, 0.15) is 0 Å². The lowest BCUT2D eigenvalue weighted by atomic mass is 10.0. The Balaban J connectivity index is 1.33. The lowest BCUT2D eigenvalue weighted by Gasteiger charge is -2.39. The third kappa shape index (κ3) is 3.80. The van der Waals surface area contributed by atoms with Crippen LogP contribution in [-0.4, -0.2) is 59.3 Å². The van der Waals surface area contributed by atoms with E-state index in [9.17, 15) is 9.59 Å². The highest BCUT2D eigenvalue weighted by atomic mass is 32.2. The van der Waals surface area contributed by atoms with Crippen LogP contribution in [0.1, 0.15) is 43.5 Å². The zero-order valence-electron chi connectivity index (χ0n) is 16.3. The largest absolute Gasteiger partial charge is 0.454 e. The van der Waals surface area contributed by atoms with Crippen molar-refractivity contribution in [1.82, 2.24) is 15.5 Å². The maximum absolute atomic E-state index is 12.9. The van der Waals surface area contributed by atoms with Crippen LogP contribution >= 0.6 is 11.8 Å². The SMILES string of the molecule is CCC(C)NC(=O)C1CSC2(CCN(C(=O)c3ccc4c(c3)OCO4)CC2)N1. The summed E-state index contributed by atoms with van der Waals surface area (Å²) in [5, 5.41) is 6.61. The number of amides is 2. The Labute approximate surface area is 169 Å². The molecule has 0 bridgehead atoms. The first kappa shape index (κ1) is 19.4. The fourth-order valence-corrected chi connectivity index (χ4v) is 5.22. The summed E-state index contributed by atoms with van der Waals surface area (Å²) in [4.78, 5) is 27.1. The van der Waals surface area contributed by atoms with Crippen molar-refractivity contribution in [3.63, 3.8) is 0 Å². The quantitative estimate of drug-likeness (QED) is 0.797. The molecule has 1 aromatic carbocycles. The molecule has 2 saturated heterocycles. The molecular weight excluding hydrogens is 378 g/mol. The summed E-state index contributed by atoms with van der Waals surface area (Å²) < 4.78 is 10.7. The molecule has 2 fully saturated rings. The molecule has 3 aliphatic rings. The number of likely N-dealkylation sites (tertiary alicyclic amines) is 1. The van der Waals surface area contributed by atoms with Gasteiger partial charge in [0.25, 0.3) is 5.91 Å². The van der Waals surface area contributed by atoms with Crippen LogP contribution in [0.15, 0.2) is 18.2 Å². The van der Waals surface area contributed by atoms with Gasteiger partial charge in [-0.25, -0.2) is 0 Å². The zero-order chi connectivity index (χ0) is 19.7. The van der Waals surface area contributed by atoms with E-state index in [-0.39, 0.29) is 35.6 Å². The normalized spacial score (nSPS) is 23.6. The highest BCUT2D eigenvalue weighted by Crippen LogP contribution is 2.40. The van der Waals surface area contributed by atoms with E-state index in [2.05, 4.69) is 17.6 Å². The number of benzene rings is 1. The number of rotatable bonds is 4. The fraction of sp³-hybridized carbons (Fsp3) is 0.600. The van der Waals surface area contributed by atoms with Gasteiger partial charge >= 0.3 is 0 Å². The van der Waals surface area contributed by atoms with Crippen molar-refractivity contribution in [3.05, 3.63) is 23.8 Å². The maximum Gasteiger partial charge on any atom is 0.253 e. The number of carbonyl (C=O) groups is 2. The van der Waals surface area contributed by atoms with Gasteiger partial charge in [-0.15, -0.1) is 11.8 Å². The first-order valence-electron chi connectivity index (χ1n) is 9.90. The van der Waals surface area contributed by atoms with Crippen LogP contribution in [0.2, 0.25) is 0 Å². The van der Waals surface area contributed by atoms with E-state index in [4.69, 9.17) is 9.47 Å². The van der Waals surface area contributed by atoms with Crippen LogP contribution in [-0.2, 0) is 4.79 Å². The van der Waals surface area contributed by atoms with Crippen LogP contribution < -0.4 is 20.1 Å². The Bertz CT molecular complexity index is 764.